The Balaban J connectivity index is 1.93. The minimum atomic E-state index is -0.290. The van der Waals surface area contributed by atoms with Crippen molar-refractivity contribution in [3.63, 3.8) is 0 Å². The molecule has 18 heavy (non-hydrogen) atoms. The van der Waals surface area contributed by atoms with Crippen molar-refractivity contribution in [2.75, 3.05) is 0 Å². The first-order valence-corrected chi connectivity index (χ1v) is 7.28. The Morgan fingerprint density at radius 3 is 2.33 bits per heavy atom. The van der Waals surface area contributed by atoms with Gasteiger partial charge in [-0.2, -0.15) is 0 Å². The van der Waals surface area contributed by atoms with E-state index >= 15 is 0 Å². The van der Waals surface area contributed by atoms with E-state index in [9.17, 15) is 0 Å². The molecule has 3 heteroatoms. The van der Waals surface area contributed by atoms with E-state index in [1.807, 2.05) is 0 Å². The Kier molecular flexibility index (Phi) is 2.76. The molecule has 0 aliphatic heterocycles. The lowest BCUT2D eigenvalue weighted by molar-refractivity contribution is 0.468. The first kappa shape index (κ1) is 11.9. The van der Waals surface area contributed by atoms with Crippen LogP contribution in [0.4, 0.5) is 0 Å². The number of nitrogens with zero attached hydrogens (tertiary/aromatic N) is 1. The highest BCUT2D eigenvalue weighted by molar-refractivity contribution is 7.09. The maximum atomic E-state index is 6.59. The fraction of sp³-hybridized carbons (Fsp3) is 0.400. The van der Waals surface area contributed by atoms with E-state index in [-0.39, 0.29) is 5.54 Å². The average Bonchev–Trinajstić information content (AvgIpc) is 2.92. The number of thiazole rings is 1. The Bertz CT molecular complexity index is 546. The summed E-state index contributed by atoms with van der Waals surface area (Å²) in [6.45, 7) is 4.34. The molecule has 1 aliphatic carbocycles. The third kappa shape index (κ3) is 1.88. The fourth-order valence-electron chi connectivity index (χ4n) is 2.58. The van der Waals surface area contributed by atoms with Gasteiger partial charge in [-0.25, -0.2) is 4.98 Å². The summed E-state index contributed by atoms with van der Waals surface area (Å²) in [6, 6.07) is 8.54. The van der Waals surface area contributed by atoms with Crippen LogP contribution in [0.25, 0.3) is 0 Å². The number of fused-ring (bicyclic) bond motifs is 1. The molecule has 0 bridgehead atoms. The quantitative estimate of drug-likeness (QED) is 0.898. The number of rotatable bonds is 2. The van der Waals surface area contributed by atoms with Gasteiger partial charge in [0.1, 0.15) is 5.01 Å². The molecule has 0 fully saturated rings. The zero-order valence-electron chi connectivity index (χ0n) is 10.8. The van der Waals surface area contributed by atoms with Crippen molar-refractivity contribution in [1.29, 1.82) is 0 Å². The molecule has 2 nitrogen and oxygen atoms in total. The number of aromatic nitrogens is 1. The zero-order chi connectivity index (χ0) is 12.8. The van der Waals surface area contributed by atoms with Crippen molar-refractivity contribution in [1.82, 2.24) is 4.98 Å². The van der Waals surface area contributed by atoms with Crippen molar-refractivity contribution in [2.45, 2.75) is 38.1 Å². The minimum absolute atomic E-state index is 0.290. The van der Waals surface area contributed by atoms with Crippen LogP contribution in [-0.2, 0) is 18.4 Å². The maximum absolute atomic E-state index is 6.59. The summed E-state index contributed by atoms with van der Waals surface area (Å²) < 4.78 is 0. The molecular weight excluding hydrogens is 240 g/mol. The summed E-state index contributed by atoms with van der Waals surface area (Å²) in [6.07, 6.45) is 1.82. The lowest BCUT2D eigenvalue weighted by atomic mass is 9.98. The van der Waals surface area contributed by atoms with Gasteiger partial charge >= 0.3 is 0 Å². The first-order chi connectivity index (χ1) is 8.58. The summed E-state index contributed by atoms with van der Waals surface area (Å²) in [5, 5.41) is 3.24. The van der Waals surface area contributed by atoms with Crippen LogP contribution in [0.5, 0.6) is 0 Å². The molecular formula is C15H18N2S. The largest absolute Gasteiger partial charge is 0.319 e. The summed E-state index contributed by atoms with van der Waals surface area (Å²) in [5.74, 6) is 0.474. The van der Waals surface area contributed by atoms with Crippen molar-refractivity contribution >= 4 is 11.3 Å². The van der Waals surface area contributed by atoms with E-state index in [0.717, 1.165) is 23.5 Å². The van der Waals surface area contributed by atoms with Crippen LogP contribution in [0.3, 0.4) is 0 Å². The summed E-state index contributed by atoms with van der Waals surface area (Å²) >= 11 is 1.71. The van der Waals surface area contributed by atoms with Gasteiger partial charge in [0.05, 0.1) is 11.2 Å². The van der Waals surface area contributed by atoms with Crippen LogP contribution in [0.15, 0.2) is 29.6 Å². The van der Waals surface area contributed by atoms with Crippen LogP contribution >= 0.6 is 11.3 Å². The second-order valence-corrected chi connectivity index (χ2v) is 6.37. The van der Waals surface area contributed by atoms with Crippen molar-refractivity contribution in [3.05, 3.63) is 51.5 Å². The monoisotopic (exact) mass is 258 g/mol. The van der Waals surface area contributed by atoms with E-state index in [4.69, 9.17) is 10.7 Å². The Hall–Kier alpha value is -1.19. The Labute approximate surface area is 112 Å². The predicted molar refractivity (Wildman–Crippen MR) is 75.9 cm³/mol. The summed E-state index contributed by atoms with van der Waals surface area (Å²) in [5.41, 5.74) is 10.2. The van der Waals surface area contributed by atoms with E-state index in [2.05, 4.69) is 43.5 Å². The van der Waals surface area contributed by atoms with Gasteiger partial charge in [0.25, 0.3) is 0 Å². The molecule has 1 aromatic heterocycles. The number of hydrogen-bond acceptors (Lipinski definition) is 3. The van der Waals surface area contributed by atoms with Crippen molar-refractivity contribution in [2.24, 2.45) is 5.73 Å². The summed E-state index contributed by atoms with van der Waals surface area (Å²) in [4.78, 5) is 4.74. The van der Waals surface area contributed by atoms with Crippen LogP contribution in [0.1, 0.15) is 41.6 Å². The predicted octanol–water partition coefficient (Wildman–Crippen LogP) is 3.22. The lowest BCUT2D eigenvalue weighted by Gasteiger charge is -2.20. The molecule has 1 heterocycles. The van der Waals surface area contributed by atoms with Crippen LogP contribution < -0.4 is 5.73 Å². The van der Waals surface area contributed by atoms with Gasteiger partial charge < -0.3 is 5.73 Å². The van der Waals surface area contributed by atoms with Gasteiger partial charge in [0, 0.05) is 5.38 Å². The van der Waals surface area contributed by atoms with Gasteiger partial charge in [0.2, 0.25) is 0 Å². The normalized spacial score (nSPS) is 17.1. The van der Waals surface area contributed by atoms with E-state index in [1.54, 1.807) is 11.3 Å². The molecule has 2 aromatic rings. The van der Waals surface area contributed by atoms with Gasteiger partial charge in [-0.1, -0.05) is 38.1 Å². The molecule has 94 valence electrons. The highest BCUT2D eigenvalue weighted by Crippen LogP contribution is 2.37. The van der Waals surface area contributed by atoms with Crippen molar-refractivity contribution < 1.29 is 0 Å². The van der Waals surface area contributed by atoms with Crippen LogP contribution in [-0.4, -0.2) is 4.98 Å². The van der Waals surface area contributed by atoms with E-state index in [1.165, 1.54) is 11.1 Å². The van der Waals surface area contributed by atoms with Gasteiger partial charge in [0.15, 0.2) is 0 Å². The molecule has 1 aliphatic rings. The maximum Gasteiger partial charge on any atom is 0.113 e. The highest BCUT2D eigenvalue weighted by atomic mass is 32.1. The Morgan fingerprint density at radius 2 is 1.83 bits per heavy atom. The molecule has 0 spiro atoms. The lowest BCUT2D eigenvalue weighted by Crippen LogP contribution is -2.37. The van der Waals surface area contributed by atoms with E-state index in [0.29, 0.717) is 5.92 Å². The number of hydrogen-bond donors (Lipinski definition) is 1. The molecule has 0 atom stereocenters. The van der Waals surface area contributed by atoms with Gasteiger partial charge in [-0.05, 0) is 29.9 Å². The van der Waals surface area contributed by atoms with Gasteiger partial charge in [-0.15, -0.1) is 11.3 Å². The second kappa shape index (κ2) is 4.18. The first-order valence-electron chi connectivity index (χ1n) is 6.40. The molecule has 3 rings (SSSR count). The number of benzene rings is 1. The standard InChI is InChI=1S/C15H18N2S/c1-10(2)13-9-18-14(17-13)15(16)7-11-5-3-4-6-12(11)8-15/h3-6,9-10H,7-8,16H2,1-2H3. The fourth-order valence-corrected chi connectivity index (χ4v) is 3.67. The molecule has 0 amide bonds. The molecule has 0 unspecified atom stereocenters. The Morgan fingerprint density at radius 1 is 1.22 bits per heavy atom. The molecule has 2 N–H and O–H groups in total. The van der Waals surface area contributed by atoms with Crippen LogP contribution in [0, 0.1) is 0 Å². The number of nitrogens with two attached hydrogens (primary N) is 1. The van der Waals surface area contributed by atoms with Crippen molar-refractivity contribution in [3.8, 4) is 0 Å². The smallest absolute Gasteiger partial charge is 0.113 e. The van der Waals surface area contributed by atoms with E-state index < -0.39 is 0 Å². The molecule has 0 saturated carbocycles. The zero-order valence-corrected chi connectivity index (χ0v) is 11.6. The molecule has 1 aromatic carbocycles. The van der Waals surface area contributed by atoms with Crippen LogP contribution in [0.2, 0.25) is 0 Å². The molecule has 0 saturated heterocycles. The summed E-state index contributed by atoms with van der Waals surface area (Å²) in [7, 11) is 0. The highest BCUT2D eigenvalue weighted by Gasteiger charge is 2.37. The topological polar surface area (TPSA) is 38.9 Å². The minimum Gasteiger partial charge on any atom is -0.319 e. The second-order valence-electron chi connectivity index (χ2n) is 5.51. The SMILES string of the molecule is CC(C)c1csc(C2(N)Cc3ccccc3C2)n1. The van der Waals surface area contributed by atoms with Gasteiger partial charge in [-0.3, -0.25) is 0 Å². The molecule has 0 radical (unpaired) electrons. The third-order valence-electron chi connectivity index (χ3n) is 3.67. The average molecular weight is 258 g/mol. The third-order valence-corrected chi connectivity index (χ3v) is 4.75.